The minimum atomic E-state index is -0.948. The maximum Gasteiger partial charge on any atom is 0.319 e. The first kappa shape index (κ1) is 28.6. The highest BCUT2D eigenvalue weighted by molar-refractivity contribution is 6.03. The third-order valence-electron chi connectivity index (χ3n) is 8.97. The molecule has 3 aliphatic rings. The molecule has 0 saturated carbocycles. The molecule has 0 aliphatic carbocycles. The third kappa shape index (κ3) is 4.76. The first-order chi connectivity index (χ1) is 21.3. The van der Waals surface area contributed by atoms with Crippen molar-refractivity contribution in [3.05, 3.63) is 47.7 Å². The fourth-order valence-corrected chi connectivity index (χ4v) is 6.94. The number of phenols is 1. The number of aromatic hydroxyl groups is 1. The Bertz CT molecular complexity index is 1820. The molecule has 2 aromatic carbocycles. The molecule has 2 N–H and O–H groups in total. The zero-order valence-electron chi connectivity index (χ0n) is 23.8. The Kier molecular flexibility index (Phi) is 7.19. The third-order valence-corrected chi connectivity index (χ3v) is 8.97. The molecule has 0 amide bonds. The molecule has 228 valence electrons. The summed E-state index contributed by atoms with van der Waals surface area (Å²) in [5, 5.41) is 21.1. The number of rotatable bonds is 6. The lowest BCUT2D eigenvalue weighted by Gasteiger charge is -2.34. The topological polar surface area (TPSA) is 104 Å². The second-order valence-electron chi connectivity index (χ2n) is 11.7. The van der Waals surface area contributed by atoms with Crippen LogP contribution in [0.3, 0.4) is 0 Å². The molecule has 0 spiro atoms. The molecule has 2 aromatic heterocycles. The number of nitrogens with zero attached hydrogens (tertiary/aromatic N) is 5. The minimum absolute atomic E-state index is 0.0855. The smallest absolute Gasteiger partial charge is 0.319 e. The standard InChI is InChI=1S/C32H30F3N5O4/c1-2-22-25(34)5-4-18-10-20(42)11-23(26(18)22)28-27(35)29-24(13-36-28)30(39-8-9-43-21(15-39)16-41)38-31(37-29)44-17-32-6-3-7-40(32)14-19(33)12-32/h1,4-5,10-11,13,19,21,41-42H,3,6-9,12,14-17H2/t19-,21-,32+/m1/s1. The summed E-state index contributed by atoms with van der Waals surface area (Å²) in [7, 11) is 0. The molecule has 12 heteroatoms. The van der Waals surface area contributed by atoms with Gasteiger partial charge >= 0.3 is 6.01 Å². The van der Waals surface area contributed by atoms with Crippen molar-refractivity contribution < 1.29 is 32.9 Å². The first-order valence-electron chi connectivity index (χ1n) is 14.6. The minimum Gasteiger partial charge on any atom is -0.508 e. The fraction of sp³-hybridized carbons (Fsp3) is 0.406. The van der Waals surface area contributed by atoms with Crippen molar-refractivity contribution in [2.75, 3.05) is 50.9 Å². The number of morpholine rings is 1. The molecular weight excluding hydrogens is 575 g/mol. The number of hydrogen-bond donors (Lipinski definition) is 2. The second kappa shape index (κ2) is 11.1. The lowest BCUT2D eigenvalue weighted by Crippen LogP contribution is -2.45. The van der Waals surface area contributed by atoms with Crippen molar-refractivity contribution in [3.8, 4) is 35.4 Å². The normalized spacial score (nSPS) is 23.8. The average Bonchev–Trinajstić information content (AvgIpc) is 3.55. The monoisotopic (exact) mass is 605 g/mol. The number of benzene rings is 2. The van der Waals surface area contributed by atoms with Crippen LogP contribution in [-0.2, 0) is 4.74 Å². The van der Waals surface area contributed by atoms with Crippen molar-refractivity contribution in [1.29, 1.82) is 0 Å². The summed E-state index contributed by atoms with van der Waals surface area (Å²) in [5.41, 5.74) is -0.758. The van der Waals surface area contributed by atoms with Crippen LogP contribution in [0, 0.1) is 24.0 Å². The quantitative estimate of drug-likeness (QED) is 0.316. The number of terminal acetylenes is 1. The average molecular weight is 606 g/mol. The Labute approximate surface area is 251 Å². The lowest BCUT2D eigenvalue weighted by molar-refractivity contribution is 0.00339. The van der Waals surface area contributed by atoms with Gasteiger partial charge in [0.1, 0.15) is 41.4 Å². The number of anilines is 1. The van der Waals surface area contributed by atoms with Gasteiger partial charge in [-0.3, -0.25) is 9.88 Å². The number of phenolic OH excluding ortho intramolecular Hbond substituents is 1. The first-order valence-corrected chi connectivity index (χ1v) is 14.6. The summed E-state index contributed by atoms with van der Waals surface area (Å²) < 4.78 is 57.6. The Morgan fingerprint density at radius 3 is 2.86 bits per heavy atom. The van der Waals surface area contributed by atoms with Crippen LogP contribution in [0.1, 0.15) is 24.8 Å². The number of aliphatic hydroxyl groups is 1. The number of pyridine rings is 1. The van der Waals surface area contributed by atoms with E-state index in [1.807, 2.05) is 4.90 Å². The van der Waals surface area contributed by atoms with Crippen LogP contribution in [0.15, 0.2) is 30.5 Å². The zero-order chi connectivity index (χ0) is 30.6. The van der Waals surface area contributed by atoms with E-state index in [0.717, 1.165) is 19.4 Å². The van der Waals surface area contributed by atoms with E-state index in [2.05, 4.69) is 25.8 Å². The summed E-state index contributed by atoms with van der Waals surface area (Å²) in [6, 6.07) is 5.25. The zero-order valence-corrected chi connectivity index (χ0v) is 23.8. The molecule has 3 aliphatic heterocycles. The van der Waals surface area contributed by atoms with Crippen LogP contribution in [0.2, 0.25) is 0 Å². The Morgan fingerprint density at radius 1 is 1.18 bits per heavy atom. The van der Waals surface area contributed by atoms with E-state index in [1.165, 1.54) is 30.5 Å². The van der Waals surface area contributed by atoms with E-state index in [1.54, 1.807) is 0 Å². The Morgan fingerprint density at radius 2 is 2.05 bits per heavy atom. The number of ether oxygens (including phenoxy) is 2. The highest BCUT2D eigenvalue weighted by Gasteiger charge is 2.49. The van der Waals surface area contributed by atoms with Crippen LogP contribution in [0.4, 0.5) is 19.0 Å². The number of aliphatic hydroxyl groups excluding tert-OH is 1. The van der Waals surface area contributed by atoms with Gasteiger partial charge in [0.25, 0.3) is 0 Å². The van der Waals surface area contributed by atoms with Crippen molar-refractivity contribution in [1.82, 2.24) is 19.9 Å². The SMILES string of the molecule is C#Cc1c(F)ccc2cc(O)cc(-c3ncc4c(N5CCO[C@@H](CO)C5)nc(OC[C@@]56CCCN5C[C@H](F)C6)nc4c3F)c12. The predicted octanol–water partition coefficient (Wildman–Crippen LogP) is 3.96. The second-order valence-corrected chi connectivity index (χ2v) is 11.7. The molecule has 3 saturated heterocycles. The van der Waals surface area contributed by atoms with E-state index >= 15 is 4.39 Å². The van der Waals surface area contributed by atoms with E-state index in [9.17, 15) is 19.0 Å². The van der Waals surface area contributed by atoms with Crippen molar-refractivity contribution >= 4 is 27.5 Å². The molecule has 0 unspecified atom stereocenters. The highest BCUT2D eigenvalue weighted by atomic mass is 19.1. The number of alkyl halides is 1. The molecule has 3 fully saturated rings. The lowest BCUT2D eigenvalue weighted by atomic mass is 9.95. The van der Waals surface area contributed by atoms with E-state index in [0.29, 0.717) is 37.3 Å². The van der Waals surface area contributed by atoms with Gasteiger partial charge in [-0.05, 0) is 43.0 Å². The number of halogens is 3. The maximum atomic E-state index is 16.7. The van der Waals surface area contributed by atoms with Gasteiger partial charge in [0.15, 0.2) is 5.82 Å². The molecule has 44 heavy (non-hydrogen) atoms. The van der Waals surface area contributed by atoms with Crippen LogP contribution in [-0.4, -0.2) is 93.9 Å². The Hall–Kier alpha value is -4.18. The molecule has 0 radical (unpaired) electrons. The summed E-state index contributed by atoms with van der Waals surface area (Å²) in [6.07, 6.45) is 7.68. The van der Waals surface area contributed by atoms with Crippen LogP contribution < -0.4 is 9.64 Å². The number of aromatic nitrogens is 3. The summed E-state index contributed by atoms with van der Waals surface area (Å²) >= 11 is 0. The molecule has 4 aromatic rings. The van der Waals surface area contributed by atoms with Gasteiger partial charge in [-0.15, -0.1) is 6.42 Å². The predicted molar refractivity (Wildman–Crippen MR) is 157 cm³/mol. The van der Waals surface area contributed by atoms with Crippen LogP contribution in [0.25, 0.3) is 32.9 Å². The summed E-state index contributed by atoms with van der Waals surface area (Å²) in [4.78, 5) is 17.5. The highest BCUT2D eigenvalue weighted by Crippen LogP contribution is 2.41. The van der Waals surface area contributed by atoms with Gasteiger partial charge in [-0.1, -0.05) is 12.0 Å². The number of fused-ring (bicyclic) bond motifs is 3. The van der Waals surface area contributed by atoms with Crippen LogP contribution in [0.5, 0.6) is 11.8 Å². The van der Waals surface area contributed by atoms with Crippen molar-refractivity contribution in [3.63, 3.8) is 0 Å². The van der Waals surface area contributed by atoms with E-state index < -0.39 is 29.4 Å². The molecule has 5 heterocycles. The van der Waals surface area contributed by atoms with E-state index in [-0.39, 0.29) is 64.6 Å². The van der Waals surface area contributed by atoms with Gasteiger partial charge in [-0.2, -0.15) is 9.97 Å². The van der Waals surface area contributed by atoms with Gasteiger partial charge in [-0.25, -0.2) is 13.2 Å². The molecule has 0 bridgehead atoms. The van der Waals surface area contributed by atoms with Gasteiger partial charge < -0.3 is 24.6 Å². The molecule has 9 nitrogen and oxygen atoms in total. The largest absolute Gasteiger partial charge is 0.508 e. The van der Waals surface area contributed by atoms with Gasteiger partial charge in [0, 0.05) is 43.2 Å². The van der Waals surface area contributed by atoms with Crippen molar-refractivity contribution in [2.45, 2.75) is 37.1 Å². The van der Waals surface area contributed by atoms with Crippen molar-refractivity contribution in [2.24, 2.45) is 0 Å². The molecule has 3 atom stereocenters. The Balaban J connectivity index is 1.38. The molecule has 7 rings (SSSR count). The fourth-order valence-electron chi connectivity index (χ4n) is 6.94. The summed E-state index contributed by atoms with van der Waals surface area (Å²) in [6.45, 7) is 2.08. The maximum absolute atomic E-state index is 16.7. The van der Waals surface area contributed by atoms with Crippen LogP contribution >= 0.6 is 0 Å². The number of hydrogen-bond acceptors (Lipinski definition) is 9. The molecular formula is C32H30F3N5O4. The van der Waals surface area contributed by atoms with E-state index in [4.69, 9.17) is 15.9 Å². The summed E-state index contributed by atoms with van der Waals surface area (Å²) in [5.74, 6) is 0.998. The van der Waals surface area contributed by atoms with Gasteiger partial charge in [0.2, 0.25) is 0 Å². The van der Waals surface area contributed by atoms with Gasteiger partial charge in [0.05, 0.1) is 35.8 Å².